The molecule has 7 nitrogen and oxygen atoms in total. The second-order valence-electron chi connectivity index (χ2n) is 7.03. The Labute approximate surface area is 151 Å². The molecule has 2 aliphatic rings. The van der Waals surface area contributed by atoms with E-state index >= 15 is 0 Å². The van der Waals surface area contributed by atoms with E-state index in [1.165, 1.54) is 12.3 Å². The van der Waals surface area contributed by atoms with Gasteiger partial charge >= 0.3 is 0 Å². The first kappa shape index (κ1) is 16.9. The van der Waals surface area contributed by atoms with Crippen LogP contribution in [-0.4, -0.2) is 56.2 Å². The van der Waals surface area contributed by atoms with E-state index in [1.807, 2.05) is 16.4 Å². The maximum Gasteiger partial charge on any atom is 0.292 e. The molecule has 26 heavy (non-hydrogen) atoms. The largest absolute Gasteiger partial charge is 0.353 e. The van der Waals surface area contributed by atoms with Gasteiger partial charge in [0.2, 0.25) is 5.82 Å². The van der Waals surface area contributed by atoms with E-state index in [0.717, 1.165) is 43.9 Å². The molecule has 2 aromatic heterocycles. The first-order chi connectivity index (χ1) is 12.6. The highest BCUT2D eigenvalue weighted by molar-refractivity contribution is 5.91. The van der Waals surface area contributed by atoms with Crippen LogP contribution in [-0.2, 0) is 13.0 Å². The highest BCUT2D eigenvalue weighted by Crippen LogP contribution is 2.20. The van der Waals surface area contributed by atoms with Crippen LogP contribution in [0.3, 0.4) is 0 Å². The molecule has 1 amide bonds. The first-order valence-corrected chi connectivity index (χ1v) is 9.23. The van der Waals surface area contributed by atoms with Gasteiger partial charge in [0.05, 0.1) is 6.20 Å². The van der Waals surface area contributed by atoms with E-state index in [-0.39, 0.29) is 17.8 Å². The zero-order chi connectivity index (χ0) is 18.1. The van der Waals surface area contributed by atoms with Crippen LogP contribution in [0.2, 0.25) is 0 Å². The summed E-state index contributed by atoms with van der Waals surface area (Å²) in [5.74, 6) is 1.73. The number of aryl methyl sites for hydroxylation is 1. The average molecular weight is 358 g/mol. The van der Waals surface area contributed by atoms with Crippen molar-refractivity contribution in [3.05, 3.63) is 35.8 Å². The smallest absolute Gasteiger partial charge is 0.292 e. The maximum atomic E-state index is 13.1. The summed E-state index contributed by atoms with van der Waals surface area (Å²) in [6, 6.07) is 3.11. The predicted molar refractivity (Wildman–Crippen MR) is 94.5 cm³/mol. The van der Waals surface area contributed by atoms with Crippen molar-refractivity contribution in [2.45, 2.75) is 45.2 Å². The number of halogens is 1. The number of carbonyl (C=O) groups excluding carboxylic acids is 1. The van der Waals surface area contributed by atoms with Gasteiger partial charge in [0.15, 0.2) is 0 Å². The van der Waals surface area contributed by atoms with Crippen LogP contribution in [0.5, 0.6) is 0 Å². The molecule has 2 aliphatic heterocycles. The zero-order valence-electron chi connectivity index (χ0n) is 14.9. The van der Waals surface area contributed by atoms with Gasteiger partial charge in [-0.15, -0.1) is 10.2 Å². The van der Waals surface area contributed by atoms with Crippen LogP contribution in [0.4, 0.5) is 10.2 Å². The quantitative estimate of drug-likeness (QED) is 0.820. The van der Waals surface area contributed by atoms with Crippen LogP contribution in [0.15, 0.2) is 18.3 Å². The van der Waals surface area contributed by atoms with Crippen molar-refractivity contribution in [1.82, 2.24) is 24.6 Å². The van der Waals surface area contributed by atoms with E-state index in [4.69, 9.17) is 0 Å². The Morgan fingerprint density at radius 3 is 2.81 bits per heavy atom. The van der Waals surface area contributed by atoms with Gasteiger partial charge in [-0.3, -0.25) is 4.79 Å². The van der Waals surface area contributed by atoms with Crippen molar-refractivity contribution < 1.29 is 9.18 Å². The molecule has 138 valence electrons. The molecule has 0 aliphatic carbocycles. The van der Waals surface area contributed by atoms with Crippen LogP contribution in [0, 0.1) is 5.82 Å². The Hall–Kier alpha value is -2.51. The maximum absolute atomic E-state index is 13.1. The number of hydrogen-bond acceptors (Lipinski definition) is 5. The second kappa shape index (κ2) is 7.01. The molecule has 2 aromatic rings. The van der Waals surface area contributed by atoms with Crippen molar-refractivity contribution >= 4 is 11.7 Å². The molecule has 0 spiro atoms. The minimum absolute atomic E-state index is 0.0156. The third kappa shape index (κ3) is 3.15. The van der Waals surface area contributed by atoms with Gasteiger partial charge in [0.25, 0.3) is 5.91 Å². The summed E-state index contributed by atoms with van der Waals surface area (Å²) in [7, 11) is 0. The molecule has 0 N–H and O–H groups in total. The van der Waals surface area contributed by atoms with Gasteiger partial charge in [0.1, 0.15) is 17.5 Å². The lowest BCUT2D eigenvalue weighted by atomic mass is 10.2. The first-order valence-electron chi connectivity index (χ1n) is 9.23. The van der Waals surface area contributed by atoms with E-state index in [2.05, 4.69) is 20.1 Å². The highest BCUT2D eigenvalue weighted by atomic mass is 19.1. The van der Waals surface area contributed by atoms with Gasteiger partial charge in [-0.05, 0) is 31.9 Å². The van der Waals surface area contributed by atoms with Crippen molar-refractivity contribution in [2.24, 2.45) is 0 Å². The molecular formula is C18H23FN6O. The number of rotatable bonds is 2. The number of carbonyl (C=O) groups is 1. The third-order valence-electron chi connectivity index (χ3n) is 5.22. The number of hydrogen-bond donors (Lipinski definition) is 0. The summed E-state index contributed by atoms with van der Waals surface area (Å²) >= 11 is 0. The minimum Gasteiger partial charge on any atom is -0.353 e. The molecule has 0 aromatic carbocycles. The SMILES string of the molecule is CC1CN(c2ccc(F)cn2)CCN1C(=O)c1nnc2n1CCCCC2. The summed E-state index contributed by atoms with van der Waals surface area (Å²) in [6.07, 6.45) is 5.44. The number of nitrogens with zero attached hydrogens (tertiary/aromatic N) is 6. The normalized spacial score (nSPS) is 20.6. The lowest BCUT2D eigenvalue weighted by Gasteiger charge is -2.40. The lowest BCUT2D eigenvalue weighted by Crippen LogP contribution is -2.54. The Morgan fingerprint density at radius 1 is 1.15 bits per heavy atom. The highest BCUT2D eigenvalue weighted by Gasteiger charge is 2.32. The fourth-order valence-corrected chi connectivity index (χ4v) is 3.79. The number of fused-ring (bicyclic) bond motifs is 1. The molecule has 1 atom stereocenters. The Balaban J connectivity index is 1.48. The molecule has 1 saturated heterocycles. The summed E-state index contributed by atoms with van der Waals surface area (Å²) in [5.41, 5.74) is 0. The number of anilines is 1. The molecule has 8 heteroatoms. The van der Waals surface area contributed by atoms with Crippen LogP contribution in [0.25, 0.3) is 0 Å². The van der Waals surface area contributed by atoms with E-state index in [1.54, 1.807) is 6.07 Å². The second-order valence-corrected chi connectivity index (χ2v) is 7.03. The third-order valence-corrected chi connectivity index (χ3v) is 5.22. The Kier molecular flexibility index (Phi) is 4.57. The van der Waals surface area contributed by atoms with E-state index in [9.17, 15) is 9.18 Å². The molecule has 1 unspecified atom stereocenters. The van der Waals surface area contributed by atoms with E-state index in [0.29, 0.717) is 25.5 Å². The molecular weight excluding hydrogens is 335 g/mol. The molecule has 0 radical (unpaired) electrons. The summed E-state index contributed by atoms with van der Waals surface area (Å²) in [6.45, 7) is 4.74. The van der Waals surface area contributed by atoms with E-state index < -0.39 is 0 Å². The fraction of sp³-hybridized carbons (Fsp3) is 0.556. The molecule has 4 heterocycles. The van der Waals surface area contributed by atoms with Crippen molar-refractivity contribution in [3.8, 4) is 0 Å². The predicted octanol–water partition coefficient (Wildman–Crippen LogP) is 1.89. The van der Waals surface area contributed by atoms with Crippen molar-refractivity contribution in [3.63, 3.8) is 0 Å². The summed E-state index contributed by atoms with van der Waals surface area (Å²) < 4.78 is 15.1. The van der Waals surface area contributed by atoms with Gasteiger partial charge in [-0.25, -0.2) is 9.37 Å². The van der Waals surface area contributed by atoms with Gasteiger partial charge < -0.3 is 14.4 Å². The van der Waals surface area contributed by atoms with Gasteiger partial charge in [-0.2, -0.15) is 0 Å². The van der Waals surface area contributed by atoms with Crippen LogP contribution >= 0.6 is 0 Å². The monoisotopic (exact) mass is 358 g/mol. The average Bonchev–Trinajstić information content (AvgIpc) is 2.90. The lowest BCUT2D eigenvalue weighted by molar-refractivity contribution is 0.0655. The fourth-order valence-electron chi connectivity index (χ4n) is 3.79. The number of piperazine rings is 1. The van der Waals surface area contributed by atoms with Crippen molar-refractivity contribution in [2.75, 3.05) is 24.5 Å². The van der Waals surface area contributed by atoms with Crippen molar-refractivity contribution in [1.29, 1.82) is 0 Å². The molecule has 0 bridgehead atoms. The Morgan fingerprint density at radius 2 is 2.04 bits per heavy atom. The van der Waals surface area contributed by atoms with Crippen LogP contribution in [0.1, 0.15) is 42.6 Å². The molecule has 4 rings (SSSR count). The molecule has 1 fully saturated rings. The zero-order valence-corrected chi connectivity index (χ0v) is 14.9. The topological polar surface area (TPSA) is 67.2 Å². The summed E-state index contributed by atoms with van der Waals surface area (Å²) in [4.78, 5) is 21.2. The summed E-state index contributed by atoms with van der Waals surface area (Å²) in [5, 5.41) is 8.43. The Bertz CT molecular complexity index is 789. The van der Waals surface area contributed by atoms with Gasteiger partial charge in [0, 0.05) is 38.6 Å². The minimum atomic E-state index is -0.344. The number of aromatic nitrogens is 4. The molecule has 0 saturated carbocycles. The van der Waals surface area contributed by atoms with Gasteiger partial charge in [-0.1, -0.05) is 6.42 Å². The number of pyridine rings is 1. The number of amides is 1. The van der Waals surface area contributed by atoms with Crippen LogP contribution < -0.4 is 4.90 Å². The standard InChI is InChI=1S/C18H23FN6O/c1-13-12-23(15-7-6-14(19)11-20-15)9-10-24(13)18(26)17-22-21-16-5-3-2-4-8-25(16)17/h6-7,11,13H,2-5,8-10,12H2,1H3.